The number of sulfonamides is 1. The topological polar surface area (TPSA) is 139 Å². The molecule has 0 aliphatic carbocycles. The maximum absolute atomic E-state index is 12.0. The highest BCUT2D eigenvalue weighted by Gasteiger charge is 2.22. The Morgan fingerprint density at radius 1 is 1.29 bits per heavy atom. The monoisotopic (exact) mass is 357 g/mol. The Kier molecular flexibility index (Phi) is 6.33. The highest BCUT2D eigenvalue weighted by Crippen LogP contribution is 2.20. The lowest BCUT2D eigenvalue weighted by Crippen LogP contribution is -2.45. The van der Waals surface area contributed by atoms with Crippen LogP contribution in [0.2, 0.25) is 0 Å². The smallest absolute Gasteiger partial charge is 0.319 e. The molecule has 0 aliphatic rings. The van der Waals surface area contributed by atoms with Gasteiger partial charge in [-0.05, 0) is 44.4 Å². The van der Waals surface area contributed by atoms with Crippen molar-refractivity contribution in [1.29, 1.82) is 0 Å². The number of benzene rings is 1. The number of carbonyl (C=O) groups is 2. The van der Waals surface area contributed by atoms with Crippen molar-refractivity contribution in [2.24, 2.45) is 5.14 Å². The molecule has 0 unspecified atom stereocenters. The van der Waals surface area contributed by atoms with Crippen molar-refractivity contribution in [3.8, 4) is 0 Å². The first-order valence-corrected chi connectivity index (χ1v) is 8.96. The molecule has 1 aromatic rings. The Bertz CT molecular complexity index is 729. The van der Waals surface area contributed by atoms with Gasteiger partial charge in [0, 0.05) is 17.6 Å². The number of carboxylic acids is 1. The molecule has 0 heterocycles. The Balaban J connectivity index is 2.86. The summed E-state index contributed by atoms with van der Waals surface area (Å²) in [7, 11) is -3.89. The van der Waals surface area contributed by atoms with Gasteiger partial charge in [0.2, 0.25) is 10.0 Å². The Labute approximate surface area is 141 Å². The minimum Gasteiger partial charge on any atom is -0.481 e. The van der Waals surface area contributed by atoms with E-state index in [-0.39, 0.29) is 23.4 Å². The molecular formula is C15H23N3O5S. The molecule has 0 atom stereocenters. The number of urea groups is 1. The summed E-state index contributed by atoms with van der Waals surface area (Å²) in [5.41, 5.74) is 0.113. The second-order valence-corrected chi connectivity index (χ2v) is 7.61. The van der Waals surface area contributed by atoms with Gasteiger partial charge in [0.1, 0.15) is 0 Å². The Morgan fingerprint density at radius 2 is 1.92 bits per heavy atom. The fraction of sp³-hybridized carbons (Fsp3) is 0.467. The van der Waals surface area contributed by atoms with Crippen molar-refractivity contribution in [2.45, 2.75) is 50.5 Å². The number of carbonyl (C=O) groups excluding carboxylic acids is 1. The van der Waals surface area contributed by atoms with Gasteiger partial charge in [-0.2, -0.15) is 0 Å². The summed E-state index contributed by atoms with van der Waals surface area (Å²) in [5.74, 6) is -0.946. The molecule has 0 spiro atoms. The van der Waals surface area contributed by atoms with E-state index in [1.807, 2.05) is 0 Å². The van der Waals surface area contributed by atoms with E-state index in [4.69, 9.17) is 10.2 Å². The molecule has 0 aliphatic heterocycles. The molecule has 24 heavy (non-hydrogen) atoms. The minimum atomic E-state index is -3.89. The van der Waals surface area contributed by atoms with Crippen molar-refractivity contribution < 1.29 is 23.1 Å². The van der Waals surface area contributed by atoms with Crippen LogP contribution in [0.15, 0.2) is 23.1 Å². The first-order chi connectivity index (χ1) is 10.9. The molecular weight excluding hydrogens is 334 g/mol. The number of rotatable bonds is 7. The Morgan fingerprint density at radius 3 is 2.42 bits per heavy atom. The summed E-state index contributed by atoms with van der Waals surface area (Å²) in [6.45, 7) is 5.20. The molecule has 0 radical (unpaired) electrons. The van der Waals surface area contributed by atoms with Crippen LogP contribution in [0.5, 0.6) is 0 Å². The van der Waals surface area contributed by atoms with Crippen LogP contribution >= 0.6 is 0 Å². The zero-order valence-corrected chi connectivity index (χ0v) is 14.7. The van der Waals surface area contributed by atoms with Crippen LogP contribution in [0.4, 0.5) is 10.5 Å². The number of nitrogens with one attached hydrogen (secondary N) is 2. The van der Waals surface area contributed by atoms with Gasteiger partial charge < -0.3 is 15.7 Å². The second-order valence-electron chi connectivity index (χ2n) is 6.08. The van der Waals surface area contributed by atoms with Crippen molar-refractivity contribution >= 4 is 27.7 Å². The third-order valence-corrected chi connectivity index (χ3v) is 4.42. The van der Waals surface area contributed by atoms with Crippen LogP contribution in [0, 0.1) is 0 Å². The molecule has 1 rings (SSSR count). The Hall–Kier alpha value is -2.13. The predicted molar refractivity (Wildman–Crippen MR) is 90.3 cm³/mol. The maximum Gasteiger partial charge on any atom is 0.319 e. The molecule has 9 heteroatoms. The molecule has 0 bridgehead atoms. The summed E-state index contributed by atoms with van der Waals surface area (Å²) in [4.78, 5) is 22.6. The van der Waals surface area contributed by atoms with Crippen LogP contribution in [0.3, 0.4) is 0 Å². The van der Waals surface area contributed by atoms with Crippen molar-refractivity contribution in [3.05, 3.63) is 23.8 Å². The largest absolute Gasteiger partial charge is 0.481 e. The van der Waals surface area contributed by atoms with Crippen molar-refractivity contribution in [2.75, 3.05) is 5.32 Å². The van der Waals surface area contributed by atoms with Gasteiger partial charge >= 0.3 is 12.0 Å². The molecule has 0 aromatic heterocycles. The van der Waals surface area contributed by atoms with Crippen molar-refractivity contribution in [3.63, 3.8) is 0 Å². The molecule has 1 aromatic carbocycles. The normalized spacial score (nSPS) is 11.8. The third-order valence-electron chi connectivity index (χ3n) is 3.43. The second kappa shape index (κ2) is 7.63. The van der Waals surface area contributed by atoms with E-state index in [9.17, 15) is 18.0 Å². The number of hydrogen-bond acceptors (Lipinski definition) is 4. The molecule has 0 saturated heterocycles. The zero-order valence-electron chi connectivity index (χ0n) is 13.9. The first-order valence-electron chi connectivity index (χ1n) is 7.41. The van der Waals surface area contributed by atoms with Crippen LogP contribution in [-0.4, -0.2) is 31.1 Å². The van der Waals surface area contributed by atoms with Crippen LogP contribution < -0.4 is 15.8 Å². The molecule has 5 N–H and O–H groups in total. The predicted octanol–water partition coefficient (Wildman–Crippen LogP) is 1.66. The average molecular weight is 357 g/mol. The summed E-state index contributed by atoms with van der Waals surface area (Å²) in [5, 5.41) is 19.1. The number of amides is 2. The fourth-order valence-corrected chi connectivity index (χ4v) is 3.01. The number of aliphatic carboxylic acids is 1. The van der Waals surface area contributed by atoms with Gasteiger partial charge in [-0.1, -0.05) is 13.0 Å². The van der Waals surface area contributed by atoms with E-state index in [1.54, 1.807) is 32.9 Å². The maximum atomic E-state index is 12.0. The van der Waals surface area contributed by atoms with Crippen LogP contribution in [-0.2, 0) is 21.2 Å². The van der Waals surface area contributed by atoms with Gasteiger partial charge in [-0.25, -0.2) is 18.4 Å². The summed E-state index contributed by atoms with van der Waals surface area (Å²) >= 11 is 0. The lowest BCUT2D eigenvalue weighted by molar-refractivity contribution is -0.137. The van der Waals surface area contributed by atoms with Crippen molar-refractivity contribution in [1.82, 2.24) is 5.32 Å². The summed E-state index contributed by atoms with van der Waals surface area (Å²) in [6.07, 6.45) is 0.668. The van der Waals surface area contributed by atoms with E-state index >= 15 is 0 Å². The molecule has 8 nitrogen and oxygen atoms in total. The molecule has 134 valence electrons. The molecule has 0 saturated carbocycles. The average Bonchev–Trinajstić information content (AvgIpc) is 2.43. The van der Waals surface area contributed by atoms with E-state index in [0.29, 0.717) is 12.0 Å². The van der Waals surface area contributed by atoms with E-state index in [2.05, 4.69) is 10.6 Å². The zero-order chi connectivity index (χ0) is 18.5. The molecule has 0 fully saturated rings. The summed E-state index contributed by atoms with van der Waals surface area (Å²) < 4.78 is 23.2. The highest BCUT2D eigenvalue weighted by molar-refractivity contribution is 7.89. The van der Waals surface area contributed by atoms with E-state index in [0.717, 1.165) is 0 Å². The number of nitrogens with two attached hydrogens (primary N) is 1. The number of carboxylic acid groups (broad SMARTS) is 1. The fourth-order valence-electron chi connectivity index (χ4n) is 2.14. The first kappa shape index (κ1) is 19.9. The number of aryl methyl sites for hydroxylation is 1. The van der Waals surface area contributed by atoms with Gasteiger partial charge in [0.15, 0.2) is 0 Å². The third kappa shape index (κ3) is 6.17. The minimum absolute atomic E-state index is 0.0343. The summed E-state index contributed by atoms with van der Waals surface area (Å²) in [6, 6.07) is 3.91. The molecule has 2 amide bonds. The van der Waals surface area contributed by atoms with Crippen LogP contribution in [0.1, 0.15) is 39.2 Å². The van der Waals surface area contributed by atoms with Gasteiger partial charge in [-0.15, -0.1) is 0 Å². The lowest BCUT2D eigenvalue weighted by Gasteiger charge is -2.25. The lowest BCUT2D eigenvalue weighted by atomic mass is 9.99. The number of primary sulfonamides is 1. The van der Waals surface area contributed by atoms with E-state index in [1.165, 1.54) is 6.07 Å². The quantitative estimate of drug-likeness (QED) is 0.588. The number of hydrogen-bond donors (Lipinski definition) is 4. The van der Waals surface area contributed by atoms with E-state index < -0.39 is 27.6 Å². The van der Waals surface area contributed by atoms with Gasteiger partial charge in [-0.3, -0.25) is 4.79 Å². The highest BCUT2D eigenvalue weighted by atomic mass is 32.2. The SMILES string of the molecule is CCc1ccc(NC(=O)NC(C)(C)CCC(=O)O)cc1S(N)(=O)=O. The van der Waals surface area contributed by atoms with Crippen LogP contribution in [0.25, 0.3) is 0 Å². The standard InChI is InChI=1S/C15H23N3O5S/c1-4-10-5-6-11(9-12(10)24(16,22)23)17-14(21)18-15(2,3)8-7-13(19)20/h5-6,9H,4,7-8H2,1-3H3,(H,19,20)(H2,16,22,23)(H2,17,18,21). The number of anilines is 1. The van der Waals surface area contributed by atoms with Gasteiger partial charge in [0.25, 0.3) is 0 Å². The van der Waals surface area contributed by atoms with Gasteiger partial charge in [0.05, 0.1) is 4.90 Å².